The van der Waals surface area contributed by atoms with Gasteiger partial charge in [-0.1, -0.05) is 39.8 Å². The number of nitrogens with zero attached hydrogens (tertiary/aromatic N) is 2. The lowest BCUT2D eigenvalue weighted by Gasteiger charge is -2.24. The van der Waals surface area contributed by atoms with Crippen molar-refractivity contribution in [2.75, 3.05) is 0 Å². The Bertz CT molecular complexity index is 900. The second kappa shape index (κ2) is 11.3. The van der Waals surface area contributed by atoms with Crippen LogP contribution < -0.4 is 0 Å². The molecule has 0 radical (unpaired) electrons. The first kappa shape index (κ1) is 24.0. The van der Waals surface area contributed by atoms with Gasteiger partial charge in [0.25, 0.3) is 0 Å². The minimum Gasteiger partial charge on any atom is -0.507 e. The van der Waals surface area contributed by atoms with Crippen LogP contribution in [0.4, 0.5) is 0 Å². The van der Waals surface area contributed by atoms with Gasteiger partial charge in [0.2, 0.25) is 0 Å². The van der Waals surface area contributed by atoms with Crippen molar-refractivity contribution < 1.29 is 10.2 Å². The van der Waals surface area contributed by atoms with Crippen LogP contribution in [-0.4, -0.2) is 34.7 Å². The van der Waals surface area contributed by atoms with Gasteiger partial charge in [-0.3, -0.25) is 9.98 Å². The molecule has 4 heteroatoms. The average molecular weight is 435 g/mol. The largest absolute Gasteiger partial charge is 0.507 e. The second-order valence-corrected chi connectivity index (χ2v) is 8.83. The topological polar surface area (TPSA) is 65.2 Å². The summed E-state index contributed by atoms with van der Waals surface area (Å²) in [7, 11) is 0. The van der Waals surface area contributed by atoms with Crippen LogP contribution in [0.5, 0.6) is 11.5 Å². The van der Waals surface area contributed by atoms with E-state index in [2.05, 4.69) is 39.8 Å². The molecule has 32 heavy (non-hydrogen) atoms. The van der Waals surface area contributed by atoms with Gasteiger partial charge in [-0.15, -0.1) is 0 Å². The lowest BCUT2D eigenvalue weighted by Crippen LogP contribution is -2.21. The van der Waals surface area contributed by atoms with Gasteiger partial charge in [-0.2, -0.15) is 0 Å². The molecule has 172 valence electrons. The number of rotatable bonds is 8. The highest BCUT2D eigenvalue weighted by molar-refractivity contribution is 5.85. The van der Waals surface area contributed by atoms with Crippen molar-refractivity contribution in [1.82, 2.24) is 0 Å². The van der Waals surface area contributed by atoms with Crippen LogP contribution in [0.15, 0.2) is 34.3 Å². The van der Waals surface area contributed by atoms with Crippen LogP contribution in [-0.2, 0) is 25.7 Å². The molecule has 1 fully saturated rings. The zero-order valence-electron chi connectivity index (χ0n) is 20.1. The maximum absolute atomic E-state index is 10.6. The molecule has 0 heterocycles. The van der Waals surface area contributed by atoms with Crippen molar-refractivity contribution in [2.45, 2.75) is 91.1 Å². The summed E-state index contributed by atoms with van der Waals surface area (Å²) in [5, 5.41) is 21.1. The summed E-state index contributed by atoms with van der Waals surface area (Å²) < 4.78 is 0. The van der Waals surface area contributed by atoms with Crippen molar-refractivity contribution in [3.8, 4) is 11.5 Å². The Morgan fingerprint density at radius 3 is 1.53 bits per heavy atom. The number of aryl methyl sites for hydroxylation is 4. The van der Waals surface area contributed by atoms with Crippen molar-refractivity contribution in [3.63, 3.8) is 0 Å². The molecule has 0 amide bonds. The quantitative estimate of drug-likeness (QED) is 0.486. The summed E-state index contributed by atoms with van der Waals surface area (Å²) in [5.41, 5.74) is 6.07. The summed E-state index contributed by atoms with van der Waals surface area (Å²) in [6.45, 7) is 8.40. The maximum atomic E-state index is 10.6. The Morgan fingerprint density at radius 2 is 1.16 bits per heavy atom. The first-order valence-electron chi connectivity index (χ1n) is 12.2. The van der Waals surface area contributed by atoms with E-state index >= 15 is 0 Å². The lowest BCUT2D eigenvalue weighted by atomic mass is 9.91. The first-order chi connectivity index (χ1) is 15.5. The van der Waals surface area contributed by atoms with Gasteiger partial charge in [0.15, 0.2) is 0 Å². The van der Waals surface area contributed by atoms with E-state index in [9.17, 15) is 10.2 Å². The fourth-order valence-electron chi connectivity index (χ4n) is 4.50. The number of phenolic OH excluding ortho intramolecular Hbond substituents is 2. The average Bonchev–Trinajstić information content (AvgIpc) is 2.83. The van der Waals surface area contributed by atoms with Gasteiger partial charge in [0.1, 0.15) is 11.5 Å². The van der Waals surface area contributed by atoms with E-state index < -0.39 is 0 Å². The van der Waals surface area contributed by atoms with Gasteiger partial charge >= 0.3 is 0 Å². The second-order valence-electron chi connectivity index (χ2n) is 8.83. The van der Waals surface area contributed by atoms with Gasteiger partial charge in [0, 0.05) is 23.6 Å². The minimum atomic E-state index is 0.211. The maximum Gasteiger partial charge on any atom is 0.127 e. The van der Waals surface area contributed by atoms with Gasteiger partial charge in [-0.05, 0) is 85.8 Å². The standard InChI is InChI=1S/C28H38N2O2/c1-5-19-12-21(7-3)27(31)23(14-19)17-29-25-10-9-11-26(16-25)30-18-24-15-20(6-2)13-22(8-4)28(24)32/h12-15,17-18,25-26,31-32H,5-11,16H2,1-4H3. The number of benzene rings is 2. The Morgan fingerprint density at radius 1 is 0.719 bits per heavy atom. The Labute approximate surface area is 193 Å². The zero-order chi connectivity index (χ0) is 23.1. The molecule has 0 aliphatic heterocycles. The molecule has 2 aromatic rings. The van der Waals surface area contributed by atoms with Crippen molar-refractivity contribution in [2.24, 2.45) is 9.98 Å². The molecule has 0 aromatic heterocycles. The SMILES string of the molecule is CCc1cc(C=NC2CCCC(N=Cc3cc(CC)cc(CC)c3O)C2)c(O)c(CC)c1. The molecule has 4 nitrogen and oxygen atoms in total. The van der Waals surface area contributed by atoms with Crippen LogP contribution in [0.3, 0.4) is 0 Å². The predicted molar refractivity (Wildman–Crippen MR) is 135 cm³/mol. The molecule has 2 N–H and O–H groups in total. The molecule has 0 bridgehead atoms. The fourth-order valence-corrected chi connectivity index (χ4v) is 4.50. The fraction of sp³-hybridized carbons (Fsp3) is 0.500. The molecule has 2 atom stereocenters. The third-order valence-electron chi connectivity index (χ3n) is 6.60. The molecule has 1 aliphatic rings. The van der Waals surface area contributed by atoms with E-state index in [1.807, 2.05) is 24.6 Å². The van der Waals surface area contributed by atoms with E-state index in [4.69, 9.17) is 9.98 Å². The zero-order valence-corrected chi connectivity index (χ0v) is 20.1. The van der Waals surface area contributed by atoms with E-state index in [1.54, 1.807) is 0 Å². The minimum absolute atomic E-state index is 0.211. The van der Waals surface area contributed by atoms with E-state index in [0.29, 0.717) is 11.5 Å². The van der Waals surface area contributed by atoms with Crippen molar-refractivity contribution >= 4 is 12.4 Å². The molecule has 0 spiro atoms. The highest BCUT2D eigenvalue weighted by Crippen LogP contribution is 2.28. The summed E-state index contributed by atoms with van der Waals surface area (Å²) in [4.78, 5) is 9.67. The first-order valence-corrected chi connectivity index (χ1v) is 12.2. The molecule has 2 unspecified atom stereocenters. The third kappa shape index (κ3) is 5.79. The van der Waals surface area contributed by atoms with Gasteiger partial charge in [0.05, 0.1) is 12.1 Å². The van der Waals surface area contributed by atoms with Gasteiger partial charge in [-0.25, -0.2) is 0 Å². The number of aromatic hydroxyl groups is 2. The lowest BCUT2D eigenvalue weighted by molar-refractivity contribution is 0.397. The van der Waals surface area contributed by atoms with Crippen LogP contribution in [0.1, 0.15) is 86.8 Å². The van der Waals surface area contributed by atoms with E-state index in [1.165, 1.54) is 11.1 Å². The molecule has 3 rings (SSSR count). The summed E-state index contributed by atoms with van der Waals surface area (Å²) in [5.74, 6) is 0.716. The van der Waals surface area contributed by atoms with Crippen LogP contribution in [0.25, 0.3) is 0 Å². The number of hydrogen-bond donors (Lipinski definition) is 2. The highest BCUT2D eigenvalue weighted by Gasteiger charge is 2.20. The van der Waals surface area contributed by atoms with Crippen LogP contribution in [0, 0.1) is 0 Å². The van der Waals surface area contributed by atoms with Gasteiger partial charge < -0.3 is 10.2 Å². The summed E-state index contributed by atoms with van der Waals surface area (Å²) >= 11 is 0. The molecule has 2 aromatic carbocycles. The van der Waals surface area contributed by atoms with Crippen molar-refractivity contribution in [3.05, 3.63) is 57.6 Å². The summed E-state index contributed by atoms with van der Waals surface area (Å²) in [6.07, 6.45) is 11.3. The Hall–Kier alpha value is -2.62. The number of aliphatic imine (C=N–C) groups is 2. The monoisotopic (exact) mass is 434 g/mol. The molecular formula is C28H38N2O2. The third-order valence-corrected chi connectivity index (χ3v) is 6.60. The molecular weight excluding hydrogens is 396 g/mol. The predicted octanol–water partition coefficient (Wildman–Crippen LogP) is 6.20. The summed E-state index contributed by atoms with van der Waals surface area (Å²) in [6, 6.07) is 8.69. The van der Waals surface area contributed by atoms with Crippen molar-refractivity contribution in [1.29, 1.82) is 0 Å². The normalized spacial score (nSPS) is 19.2. The molecule has 1 saturated carbocycles. The van der Waals surface area contributed by atoms with Crippen LogP contribution in [0.2, 0.25) is 0 Å². The van der Waals surface area contributed by atoms with Crippen LogP contribution >= 0.6 is 0 Å². The van der Waals surface area contributed by atoms with E-state index in [0.717, 1.165) is 73.6 Å². The smallest absolute Gasteiger partial charge is 0.127 e. The number of phenols is 2. The Balaban J connectivity index is 1.73. The highest BCUT2D eigenvalue weighted by atomic mass is 16.3. The molecule has 1 aliphatic carbocycles. The Kier molecular flexibility index (Phi) is 8.49. The molecule has 0 saturated heterocycles. The van der Waals surface area contributed by atoms with E-state index in [-0.39, 0.29) is 12.1 Å². The number of hydrogen-bond acceptors (Lipinski definition) is 4.